The van der Waals surface area contributed by atoms with Crippen molar-refractivity contribution in [1.82, 2.24) is 14.9 Å². The fourth-order valence-corrected chi connectivity index (χ4v) is 3.59. The van der Waals surface area contributed by atoms with Crippen LogP contribution < -0.4 is 11.5 Å². The Bertz CT molecular complexity index is 1090. The summed E-state index contributed by atoms with van der Waals surface area (Å²) in [6.07, 6.45) is 6.75. The van der Waals surface area contributed by atoms with Gasteiger partial charge in [-0.1, -0.05) is 30.3 Å². The van der Waals surface area contributed by atoms with Crippen molar-refractivity contribution in [2.24, 2.45) is 5.73 Å². The Morgan fingerprint density at radius 2 is 1.97 bits per heavy atom. The number of anilines is 1. The van der Waals surface area contributed by atoms with E-state index in [1.54, 1.807) is 24.7 Å². The lowest BCUT2D eigenvalue weighted by Gasteiger charge is -2.26. The molecule has 1 aromatic heterocycles. The third-order valence-electron chi connectivity index (χ3n) is 5.25. The third kappa shape index (κ3) is 5.14. The van der Waals surface area contributed by atoms with Gasteiger partial charge in [-0.05, 0) is 29.3 Å². The van der Waals surface area contributed by atoms with Crippen molar-refractivity contribution in [3.05, 3.63) is 83.4 Å². The first-order valence-corrected chi connectivity index (χ1v) is 10.2. The number of aromatic nitrogens is 2. The molecule has 31 heavy (non-hydrogen) atoms. The molecule has 1 saturated heterocycles. The van der Waals surface area contributed by atoms with E-state index in [0.29, 0.717) is 16.9 Å². The number of rotatable bonds is 6. The lowest BCUT2D eigenvalue weighted by Crippen LogP contribution is -2.35. The Morgan fingerprint density at radius 3 is 2.74 bits per heavy atom. The first kappa shape index (κ1) is 20.7. The van der Waals surface area contributed by atoms with Gasteiger partial charge in [0, 0.05) is 48.8 Å². The molecule has 0 unspecified atom stereocenters. The van der Waals surface area contributed by atoms with Crippen LogP contribution in [-0.4, -0.2) is 46.9 Å². The summed E-state index contributed by atoms with van der Waals surface area (Å²) >= 11 is 0. The maximum Gasteiger partial charge on any atom is 0.0885 e. The summed E-state index contributed by atoms with van der Waals surface area (Å²) in [6.45, 7) is 4.30. The molecular weight excluding hydrogens is 388 g/mol. The van der Waals surface area contributed by atoms with Crippen LogP contribution in [0, 0.1) is 5.41 Å². The molecule has 2 aromatic carbocycles. The zero-order valence-corrected chi connectivity index (χ0v) is 17.3. The highest BCUT2D eigenvalue weighted by Gasteiger charge is 2.13. The van der Waals surface area contributed by atoms with Crippen molar-refractivity contribution in [3.8, 4) is 11.3 Å². The molecule has 3 aromatic rings. The van der Waals surface area contributed by atoms with Crippen molar-refractivity contribution < 1.29 is 4.74 Å². The van der Waals surface area contributed by atoms with Gasteiger partial charge >= 0.3 is 0 Å². The van der Waals surface area contributed by atoms with Crippen LogP contribution in [0.5, 0.6) is 0 Å². The molecule has 2 heterocycles. The number of hydrogen-bond acceptors (Lipinski definition) is 7. The van der Waals surface area contributed by atoms with E-state index < -0.39 is 0 Å². The monoisotopic (exact) mass is 414 g/mol. The van der Waals surface area contributed by atoms with E-state index in [1.807, 2.05) is 30.3 Å². The maximum atomic E-state index is 8.61. The second-order valence-electron chi connectivity index (χ2n) is 7.50. The van der Waals surface area contributed by atoms with E-state index >= 15 is 0 Å². The molecule has 0 radical (unpaired) electrons. The third-order valence-corrected chi connectivity index (χ3v) is 5.25. The van der Waals surface area contributed by atoms with Gasteiger partial charge in [0.05, 0.1) is 36.5 Å². The quantitative estimate of drug-likeness (QED) is 0.422. The highest BCUT2D eigenvalue weighted by atomic mass is 16.5. The average molecular weight is 415 g/mol. The van der Waals surface area contributed by atoms with Crippen LogP contribution in [0.3, 0.4) is 0 Å². The van der Waals surface area contributed by atoms with Crippen molar-refractivity contribution in [3.63, 3.8) is 0 Å². The number of nitrogen functional groups attached to an aromatic ring is 1. The molecule has 0 aliphatic carbocycles. The first-order valence-electron chi connectivity index (χ1n) is 10.2. The topological polar surface area (TPSA) is 114 Å². The van der Waals surface area contributed by atoms with Crippen LogP contribution in [0.4, 0.5) is 5.69 Å². The van der Waals surface area contributed by atoms with Crippen molar-refractivity contribution in [2.45, 2.75) is 6.54 Å². The molecule has 7 nitrogen and oxygen atoms in total. The van der Waals surface area contributed by atoms with Gasteiger partial charge in [0.15, 0.2) is 0 Å². The largest absolute Gasteiger partial charge is 0.398 e. The fraction of sp³-hybridized carbons (Fsp3) is 0.208. The Hall–Kier alpha value is -3.55. The highest BCUT2D eigenvalue weighted by Crippen LogP contribution is 2.24. The van der Waals surface area contributed by atoms with Gasteiger partial charge in [0.1, 0.15) is 0 Å². The van der Waals surface area contributed by atoms with Gasteiger partial charge in [-0.2, -0.15) is 0 Å². The predicted molar refractivity (Wildman–Crippen MR) is 123 cm³/mol. The normalized spacial score (nSPS) is 15.0. The van der Waals surface area contributed by atoms with Gasteiger partial charge in [0.25, 0.3) is 0 Å². The van der Waals surface area contributed by atoms with E-state index in [9.17, 15) is 0 Å². The average Bonchev–Trinajstić information content (AvgIpc) is 2.80. The number of nitrogens with two attached hydrogens (primary N) is 2. The smallest absolute Gasteiger partial charge is 0.0885 e. The van der Waals surface area contributed by atoms with Gasteiger partial charge in [-0.3, -0.25) is 20.3 Å². The predicted octanol–water partition coefficient (Wildman–Crippen LogP) is 2.93. The van der Waals surface area contributed by atoms with E-state index in [0.717, 1.165) is 49.7 Å². The van der Waals surface area contributed by atoms with Crippen LogP contribution in [0.1, 0.15) is 16.7 Å². The fourth-order valence-electron chi connectivity index (χ4n) is 3.59. The SMILES string of the molecule is N=C(/C(N)=C/c1cccc(CN2CCOCC2)c1)c1cc(-c2cnccn2)ccc1N. The maximum absolute atomic E-state index is 8.61. The van der Waals surface area contributed by atoms with E-state index in [-0.39, 0.29) is 5.71 Å². The number of morpholine rings is 1. The summed E-state index contributed by atoms with van der Waals surface area (Å²) in [5.41, 5.74) is 17.8. The molecule has 0 spiro atoms. The number of nitrogens with one attached hydrogen (secondary N) is 1. The number of benzene rings is 2. The molecule has 1 fully saturated rings. The zero-order valence-electron chi connectivity index (χ0n) is 17.3. The second-order valence-corrected chi connectivity index (χ2v) is 7.50. The summed E-state index contributed by atoms with van der Waals surface area (Å²) in [4.78, 5) is 10.8. The first-order chi connectivity index (χ1) is 15.1. The molecule has 0 saturated carbocycles. The lowest BCUT2D eigenvalue weighted by molar-refractivity contribution is 0.0342. The van der Waals surface area contributed by atoms with Gasteiger partial charge in [0.2, 0.25) is 0 Å². The minimum absolute atomic E-state index is 0.182. The Labute approximate surface area is 181 Å². The summed E-state index contributed by atoms with van der Waals surface area (Å²) < 4.78 is 5.42. The number of allylic oxidation sites excluding steroid dienone is 1. The van der Waals surface area contributed by atoms with Gasteiger partial charge in [-0.15, -0.1) is 0 Å². The van der Waals surface area contributed by atoms with Crippen molar-refractivity contribution >= 4 is 17.5 Å². The van der Waals surface area contributed by atoms with Crippen molar-refractivity contribution in [1.29, 1.82) is 5.41 Å². The Morgan fingerprint density at radius 1 is 1.13 bits per heavy atom. The Kier molecular flexibility index (Phi) is 6.35. The standard InChI is InChI=1S/C24H26N6O/c25-21-5-4-19(23-15-28-6-7-29-23)14-20(21)24(27)22(26)13-17-2-1-3-18(12-17)16-30-8-10-31-11-9-30/h1-7,12-15,27H,8-11,16,25-26H2/b22-13-,27-24?. The van der Waals surface area contributed by atoms with Crippen molar-refractivity contribution in [2.75, 3.05) is 32.0 Å². The van der Waals surface area contributed by atoms with Gasteiger partial charge in [-0.25, -0.2) is 0 Å². The van der Waals surface area contributed by atoms with Crippen LogP contribution in [0.15, 0.2) is 66.8 Å². The van der Waals surface area contributed by atoms with E-state index in [2.05, 4.69) is 27.0 Å². The Balaban J connectivity index is 1.55. The molecule has 1 aliphatic heterocycles. The molecule has 0 atom stereocenters. The number of nitrogens with zero attached hydrogens (tertiary/aromatic N) is 3. The molecule has 1 aliphatic rings. The number of hydrogen-bond donors (Lipinski definition) is 3. The highest BCUT2D eigenvalue weighted by molar-refractivity contribution is 6.15. The minimum Gasteiger partial charge on any atom is -0.398 e. The molecule has 7 heteroatoms. The lowest BCUT2D eigenvalue weighted by atomic mass is 9.99. The van der Waals surface area contributed by atoms with Gasteiger partial charge < -0.3 is 16.2 Å². The molecule has 4 rings (SSSR count). The zero-order chi connectivity index (χ0) is 21.6. The number of ether oxygens (including phenoxy) is 1. The van der Waals surface area contributed by atoms with Crippen LogP contribution in [-0.2, 0) is 11.3 Å². The second kappa shape index (κ2) is 9.51. The summed E-state index contributed by atoms with van der Waals surface area (Å²) in [5.74, 6) is 0. The van der Waals surface area contributed by atoms with Crippen LogP contribution in [0.25, 0.3) is 17.3 Å². The van der Waals surface area contributed by atoms with Crippen LogP contribution in [0.2, 0.25) is 0 Å². The minimum atomic E-state index is 0.182. The molecule has 0 bridgehead atoms. The molecular formula is C24H26N6O. The van der Waals surface area contributed by atoms with E-state index in [4.69, 9.17) is 21.6 Å². The van der Waals surface area contributed by atoms with E-state index in [1.165, 1.54) is 5.56 Å². The summed E-state index contributed by atoms with van der Waals surface area (Å²) in [5, 5.41) is 8.61. The summed E-state index contributed by atoms with van der Waals surface area (Å²) in [7, 11) is 0. The molecule has 158 valence electrons. The molecule has 5 N–H and O–H groups in total. The molecule has 0 amide bonds. The summed E-state index contributed by atoms with van der Waals surface area (Å²) in [6, 6.07) is 13.7. The van der Waals surface area contributed by atoms with Crippen LogP contribution >= 0.6 is 0 Å².